The molecule has 0 saturated heterocycles. The van der Waals surface area contributed by atoms with Crippen molar-refractivity contribution in [1.82, 2.24) is 10.2 Å². The number of nitrogens with one attached hydrogen (secondary N) is 1. The van der Waals surface area contributed by atoms with Crippen LogP contribution in [0.2, 0.25) is 0 Å². The summed E-state index contributed by atoms with van der Waals surface area (Å²) in [6.07, 6.45) is 2.82. The Labute approximate surface area is 124 Å². The van der Waals surface area contributed by atoms with Crippen LogP contribution in [-0.4, -0.2) is 31.1 Å². The normalized spacial score (nSPS) is 18.5. The Balaban J connectivity index is 2.02. The molecule has 1 saturated carbocycles. The number of hydrogen-bond donors (Lipinski definition) is 1. The molecule has 0 aliphatic heterocycles. The van der Waals surface area contributed by atoms with E-state index in [0.717, 1.165) is 19.0 Å². The number of rotatable bonds is 8. The molecule has 0 heterocycles. The molecule has 2 rings (SSSR count). The maximum Gasteiger partial charge on any atom is 0.0472 e. The third kappa shape index (κ3) is 4.32. The van der Waals surface area contributed by atoms with E-state index in [0.29, 0.717) is 18.0 Å². The molecule has 1 N–H and O–H groups in total. The number of nitrogens with zero attached hydrogens (tertiary/aromatic N) is 1. The highest BCUT2D eigenvalue weighted by atomic mass is 15.2. The zero-order valence-electron chi connectivity index (χ0n) is 13.5. The lowest BCUT2D eigenvalue weighted by Crippen LogP contribution is -2.40. The third-order valence-electron chi connectivity index (χ3n) is 4.51. The van der Waals surface area contributed by atoms with E-state index in [1.165, 1.54) is 18.4 Å². The van der Waals surface area contributed by atoms with Crippen molar-refractivity contribution in [3.05, 3.63) is 35.9 Å². The third-order valence-corrected chi connectivity index (χ3v) is 4.51. The second-order valence-electron chi connectivity index (χ2n) is 6.72. The van der Waals surface area contributed by atoms with Crippen LogP contribution >= 0.6 is 0 Å². The van der Waals surface area contributed by atoms with Gasteiger partial charge in [0.25, 0.3) is 0 Å². The molecule has 0 radical (unpaired) electrons. The topological polar surface area (TPSA) is 15.3 Å². The van der Waals surface area contributed by atoms with Crippen molar-refractivity contribution in [3.63, 3.8) is 0 Å². The molecule has 0 spiro atoms. The van der Waals surface area contributed by atoms with Crippen molar-refractivity contribution in [2.24, 2.45) is 11.8 Å². The Bertz CT molecular complexity index is 384. The van der Waals surface area contributed by atoms with E-state index in [1.54, 1.807) is 0 Å². The first kappa shape index (κ1) is 15.5. The van der Waals surface area contributed by atoms with Crippen LogP contribution < -0.4 is 5.32 Å². The summed E-state index contributed by atoms with van der Waals surface area (Å²) in [6, 6.07) is 12.1. The molecule has 2 unspecified atom stereocenters. The van der Waals surface area contributed by atoms with Gasteiger partial charge in [-0.15, -0.1) is 0 Å². The van der Waals surface area contributed by atoms with E-state index in [2.05, 4.69) is 68.4 Å². The van der Waals surface area contributed by atoms with Gasteiger partial charge in [0.2, 0.25) is 0 Å². The monoisotopic (exact) mass is 274 g/mol. The van der Waals surface area contributed by atoms with Crippen LogP contribution in [-0.2, 0) is 0 Å². The van der Waals surface area contributed by atoms with Crippen molar-refractivity contribution >= 4 is 0 Å². The predicted octanol–water partition coefficient (Wildman–Crippen LogP) is 3.70. The molecule has 2 nitrogen and oxygen atoms in total. The van der Waals surface area contributed by atoms with Gasteiger partial charge in [-0.05, 0) is 50.8 Å². The van der Waals surface area contributed by atoms with Gasteiger partial charge in [0.15, 0.2) is 0 Å². The molecule has 1 aromatic rings. The first-order valence-corrected chi connectivity index (χ1v) is 8.07. The van der Waals surface area contributed by atoms with Gasteiger partial charge in [-0.2, -0.15) is 0 Å². The van der Waals surface area contributed by atoms with Crippen LogP contribution in [0.15, 0.2) is 30.3 Å². The van der Waals surface area contributed by atoms with Gasteiger partial charge in [0.05, 0.1) is 0 Å². The molecule has 0 bridgehead atoms. The van der Waals surface area contributed by atoms with Crippen LogP contribution in [0.1, 0.15) is 45.2 Å². The fourth-order valence-electron chi connectivity index (χ4n) is 2.88. The number of likely N-dealkylation sites (N-methyl/N-ethyl adjacent to an activating group) is 1. The molecular weight excluding hydrogens is 244 g/mol. The highest BCUT2D eigenvalue weighted by Gasteiger charge is 2.33. The minimum atomic E-state index is 0.477. The Morgan fingerprint density at radius 1 is 1.10 bits per heavy atom. The fourth-order valence-corrected chi connectivity index (χ4v) is 2.88. The summed E-state index contributed by atoms with van der Waals surface area (Å²) in [5.41, 5.74) is 1.43. The van der Waals surface area contributed by atoms with Crippen molar-refractivity contribution in [3.8, 4) is 0 Å². The zero-order chi connectivity index (χ0) is 14.5. The minimum Gasteiger partial charge on any atom is -0.315 e. The van der Waals surface area contributed by atoms with Crippen molar-refractivity contribution in [1.29, 1.82) is 0 Å². The lowest BCUT2D eigenvalue weighted by atomic mass is 10.0. The van der Waals surface area contributed by atoms with Crippen LogP contribution in [0.5, 0.6) is 0 Å². The molecular formula is C18H30N2. The maximum atomic E-state index is 3.64. The Kier molecular flexibility index (Phi) is 5.62. The lowest BCUT2D eigenvalue weighted by molar-refractivity contribution is 0.163. The van der Waals surface area contributed by atoms with E-state index in [-0.39, 0.29) is 0 Å². The summed E-state index contributed by atoms with van der Waals surface area (Å²) in [5.74, 6) is 1.62. The van der Waals surface area contributed by atoms with Gasteiger partial charge in [-0.25, -0.2) is 0 Å². The highest BCUT2D eigenvalue weighted by molar-refractivity contribution is 5.19. The largest absolute Gasteiger partial charge is 0.315 e. The van der Waals surface area contributed by atoms with E-state index >= 15 is 0 Å². The van der Waals surface area contributed by atoms with Crippen molar-refractivity contribution < 1.29 is 0 Å². The van der Waals surface area contributed by atoms with Crippen LogP contribution in [0.25, 0.3) is 0 Å². The first-order valence-electron chi connectivity index (χ1n) is 8.07. The van der Waals surface area contributed by atoms with E-state index in [4.69, 9.17) is 0 Å². The number of benzene rings is 1. The summed E-state index contributed by atoms with van der Waals surface area (Å²) in [4.78, 5) is 2.57. The quantitative estimate of drug-likeness (QED) is 0.777. The summed E-state index contributed by atoms with van der Waals surface area (Å²) < 4.78 is 0. The smallest absolute Gasteiger partial charge is 0.0472 e. The Morgan fingerprint density at radius 2 is 1.75 bits per heavy atom. The molecule has 1 aliphatic carbocycles. The second-order valence-corrected chi connectivity index (χ2v) is 6.72. The van der Waals surface area contributed by atoms with Crippen molar-refractivity contribution in [2.45, 2.75) is 45.7 Å². The SMILES string of the molecule is CC(C)CNCC(c1ccccc1)N(C)C(C)C1CC1. The lowest BCUT2D eigenvalue weighted by Gasteiger charge is -2.34. The second kappa shape index (κ2) is 7.24. The summed E-state index contributed by atoms with van der Waals surface area (Å²) >= 11 is 0. The first-order chi connectivity index (χ1) is 9.59. The van der Waals surface area contributed by atoms with Gasteiger partial charge in [-0.3, -0.25) is 4.90 Å². The molecule has 20 heavy (non-hydrogen) atoms. The standard InChI is InChI=1S/C18H30N2/c1-14(2)12-19-13-18(17-8-6-5-7-9-17)20(4)15(3)16-10-11-16/h5-9,14-16,18-19H,10-13H2,1-4H3. The molecule has 0 amide bonds. The maximum absolute atomic E-state index is 3.64. The minimum absolute atomic E-state index is 0.477. The van der Waals surface area contributed by atoms with Crippen LogP contribution in [0, 0.1) is 11.8 Å². The van der Waals surface area contributed by atoms with Gasteiger partial charge in [0.1, 0.15) is 0 Å². The number of hydrogen-bond acceptors (Lipinski definition) is 2. The van der Waals surface area contributed by atoms with E-state index in [9.17, 15) is 0 Å². The Hall–Kier alpha value is -0.860. The van der Waals surface area contributed by atoms with Gasteiger partial charge in [0, 0.05) is 18.6 Å². The fraction of sp³-hybridized carbons (Fsp3) is 0.667. The average molecular weight is 274 g/mol. The summed E-state index contributed by atoms with van der Waals surface area (Å²) in [7, 11) is 2.29. The van der Waals surface area contributed by atoms with Gasteiger partial charge >= 0.3 is 0 Å². The molecule has 1 aromatic carbocycles. The highest BCUT2D eigenvalue weighted by Crippen LogP contribution is 2.37. The molecule has 1 aliphatic rings. The van der Waals surface area contributed by atoms with Crippen molar-refractivity contribution in [2.75, 3.05) is 20.1 Å². The summed E-state index contributed by atoms with van der Waals surface area (Å²) in [6.45, 7) is 9.04. The van der Waals surface area contributed by atoms with Crippen LogP contribution in [0.3, 0.4) is 0 Å². The van der Waals surface area contributed by atoms with Gasteiger partial charge < -0.3 is 5.32 Å². The van der Waals surface area contributed by atoms with E-state index < -0.39 is 0 Å². The molecule has 2 heteroatoms. The average Bonchev–Trinajstić information content (AvgIpc) is 3.27. The predicted molar refractivity (Wildman–Crippen MR) is 86.8 cm³/mol. The molecule has 2 atom stereocenters. The zero-order valence-corrected chi connectivity index (χ0v) is 13.5. The molecule has 112 valence electrons. The Morgan fingerprint density at radius 3 is 2.30 bits per heavy atom. The van der Waals surface area contributed by atoms with Gasteiger partial charge in [-0.1, -0.05) is 44.2 Å². The van der Waals surface area contributed by atoms with E-state index in [1.807, 2.05) is 0 Å². The van der Waals surface area contributed by atoms with Crippen LogP contribution in [0.4, 0.5) is 0 Å². The molecule has 1 fully saturated rings. The molecule has 0 aromatic heterocycles. The summed E-state index contributed by atoms with van der Waals surface area (Å²) in [5, 5.41) is 3.64.